The van der Waals surface area contributed by atoms with E-state index in [-0.39, 0.29) is 12.1 Å². The molecule has 0 aliphatic carbocycles. The van der Waals surface area contributed by atoms with Crippen LogP contribution >= 0.6 is 0 Å². The molecule has 0 heterocycles. The third-order valence-corrected chi connectivity index (χ3v) is 3.05. The number of nitrogens with zero attached hydrogens (tertiary/aromatic N) is 1. The van der Waals surface area contributed by atoms with Gasteiger partial charge >= 0.3 is 5.97 Å². The largest absolute Gasteiger partial charge is 0.480 e. The molecule has 0 bridgehead atoms. The number of aliphatic carboxylic acids is 1. The molecule has 2 atom stereocenters. The lowest BCUT2D eigenvalue weighted by molar-refractivity contribution is -0.143. The maximum atomic E-state index is 11.0. The number of hydrogen-bond acceptors (Lipinski definition) is 3. The molecule has 4 heteroatoms. The van der Waals surface area contributed by atoms with E-state index in [4.69, 9.17) is 10.8 Å². The topological polar surface area (TPSA) is 66.6 Å². The van der Waals surface area contributed by atoms with Crippen molar-refractivity contribution in [3.8, 4) is 0 Å². The van der Waals surface area contributed by atoms with Gasteiger partial charge in [-0.3, -0.25) is 9.69 Å². The van der Waals surface area contributed by atoms with Crippen LogP contribution in [-0.4, -0.2) is 41.7 Å². The van der Waals surface area contributed by atoms with E-state index in [1.807, 2.05) is 18.9 Å². The zero-order valence-corrected chi connectivity index (χ0v) is 10.9. The first-order valence-electron chi connectivity index (χ1n) is 6.08. The minimum absolute atomic E-state index is 0.151. The predicted octanol–water partition coefficient (Wildman–Crippen LogP) is 1.54. The van der Waals surface area contributed by atoms with Crippen LogP contribution in [0.1, 0.15) is 40.0 Å². The molecule has 0 aliphatic rings. The molecule has 0 rings (SSSR count). The van der Waals surface area contributed by atoms with Crippen molar-refractivity contribution in [2.75, 3.05) is 13.6 Å². The summed E-state index contributed by atoms with van der Waals surface area (Å²) >= 11 is 0. The van der Waals surface area contributed by atoms with Gasteiger partial charge < -0.3 is 10.8 Å². The van der Waals surface area contributed by atoms with Crippen molar-refractivity contribution >= 4 is 5.97 Å². The van der Waals surface area contributed by atoms with Gasteiger partial charge in [-0.05, 0) is 25.8 Å². The summed E-state index contributed by atoms with van der Waals surface area (Å²) in [4.78, 5) is 12.9. The highest BCUT2D eigenvalue weighted by Gasteiger charge is 2.21. The van der Waals surface area contributed by atoms with Gasteiger partial charge in [0.15, 0.2) is 0 Å². The summed E-state index contributed by atoms with van der Waals surface area (Å²) in [6.07, 6.45) is 2.43. The summed E-state index contributed by atoms with van der Waals surface area (Å²) in [6, 6.07) is -0.220. The van der Waals surface area contributed by atoms with Crippen LogP contribution in [0.5, 0.6) is 0 Å². The van der Waals surface area contributed by atoms with Gasteiger partial charge in [0.2, 0.25) is 0 Å². The Bertz CT molecular complexity index is 207. The maximum Gasteiger partial charge on any atom is 0.320 e. The van der Waals surface area contributed by atoms with Gasteiger partial charge in [-0.1, -0.05) is 27.2 Å². The molecular formula is C12H26N2O2. The fourth-order valence-corrected chi connectivity index (χ4v) is 1.65. The monoisotopic (exact) mass is 230 g/mol. The normalized spacial score (nSPS) is 15.4. The molecule has 2 unspecified atom stereocenters. The van der Waals surface area contributed by atoms with Gasteiger partial charge in [0.25, 0.3) is 0 Å². The molecule has 0 saturated carbocycles. The Hall–Kier alpha value is -0.610. The molecule has 16 heavy (non-hydrogen) atoms. The van der Waals surface area contributed by atoms with Crippen molar-refractivity contribution in [1.29, 1.82) is 0 Å². The molecule has 0 fully saturated rings. The van der Waals surface area contributed by atoms with Crippen LogP contribution in [0, 0.1) is 5.92 Å². The third-order valence-electron chi connectivity index (χ3n) is 3.05. The lowest BCUT2D eigenvalue weighted by Gasteiger charge is -2.26. The first-order chi connectivity index (χ1) is 7.40. The molecule has 0 aromatic carbocycles. The Morgan fingerprint density at radius 3 is 2.31 bits per heavy atom. The Morgan fingerprint density at radius 2 is 1.94 bits per heavy atom. The van der Waals surface area contributed by atoms with Crippen molar-refractivity contribution in [3.63, 3.8) is 0 Å². The van der Waals surface area contributed by atoms with E-state index in [0.717, 1.165) is 19.4 Å². The van der Waals surface area contributed by atoms with Crippen LogP contribution in [-0.2, 0) is 4.79 Å². The van der Waals surface area contributed by atoms with E-state index >= 15 is 0 Å². The standard InChI is InChI=1S/C12H26N2O2/c1-5-6-11(12(15)16)14(4)8-7-10(13)9(2)3/h9-11H,5-8,13H2,1-4H3,(H,15,16). The van der Waals surface area contributed by atoms with Crippen LogP contribution in [0.2, 0.25) is 0 Å². The number of rotatable bonds is 8. The SMILES string of the molecule is CCCC(C(=O)O)N(C)CCC(N)C(C)C. The van der Waals surface area contributed by atoms with E-state index in [2.05, 4.69) is 13.8 Å². The molecule has 3 N–H and O–H groups in total. The minimum atomic E-state index is -0.734. The summed E-state index contributed by atoms with van der Waals surface area (Å²) < 4.78 is 0. The molecular weight excluding hydrogens is 204 g/mol. The number of likely N-dealkylation sites (N-methyl/N-ethyl adjacent to an activating group) is 1. The fourth-order valence-electron chi connectivity index (χ4n) is 1.65. The number of carboxylic acid groups (broad SMARTS) is 1. The Balaban J connectivity index is 4.10. The van der Waals surface area contributed by atoms with Crippen molar-refractivity contribution in [1.82, 2.24) is 4.90 Å². The van der Waals surface area contributed by atoms with E-state index < -0.39 is 5.97 Å². The van der Waals surface area contributed by atoms with Crippen LogP contribution in [0.15, 0.2) is 0 Å². The number of carboxylic acids is 1. The number of nitrogens with two attached hydrogens (primary N) is 1. The van der Waals surface area contributed by atoms with Crippen molar-refractivity contribution in [3.05, 3.63) is 0 Å². The zero-order chi connectivity index (χ0) is 12.7. The zero-order valence-electron chi connectivity index (χ0n) is 10.9. The quantitative estimate of drug-likeness (QED) is 0.664. The molecule has 0 aromatic heterocycles. The molecule has 0 saturated heterocycles. The van der Waals surface area contributed by atoms with E-state index in [1.165, 1.54) is 0 Å². The summed E-state index contributed by atoms with van der Waals surface area (Å²) in [6.45, 7) is 6.93. The van der Waals surface area contributed by atoms with Gasteiger partial charge in [0, 0.05) is 12.6 Å². The molecule has 0 aliphatic heterocycles. The van der Waals surface area contributed by atoms with Crippen LogP contribution in [0.25, 0.3) is 0 Å². The molecule has 0 amide bonds. The van der Waals surface area contributed by atoms with Gasteiger partial charge in [-0.2, -0.15) is 0 Å². The number of carbonyl (C=O) groups is 1. The summed E-state index contributed by atoms with van der Waals surface area (Å²) in [7, 11) is 1.86. The van der Waals surface area contributed by atoms with E-state index in [0.29, 0.717) is 12.3 Å². The Morgan fingerprint density at radius 1 is 1.38 bits per heavy atom. The molecule has 96 valence electrons. The lowest BCUT2D eigenvalue weighted by Crippen LogP contribution is -2.41. The van der Waals surface area contributed by atoms with Crippen molar-refractivity contribution in [2.45, 2.75) is 52.1 Å². The van der Waals surface area contributed by atoms with Crippen LogP contribution in [0.4, 0.5) is 0 Å². The van der Waals surface area contributed by atoms with Gasteiger partial charge in [0.1, 0.15) is 6.04 Å². The average molecular weight is 230 g/mol. The fraction of sp³-hybridized carbons (Fsp3) is 0.917. The minimum Gasteiger partial charge on any atom is -0.480 e. The average Bonchev–Trinajstić information content (AvgIpc) is 2.21. The highest BCUT2D eigenvalue weighted by Crippen LogP contribution is 2.09. The lowest BCUT2D eigenvalue weighted by atomic mass is 10.0. The molecule has 0 radical (unpaired) electrons. The summed E-state index contributed by atoms with van der Waals surface area (Å²) in [5.41, 5.74) is 5.94. The first kappa shape index (κ1) is 15.4. The molecule has 0 spiro atoms. The predicted molar refractivity (Wildman–Crippen MR) is 66.4 cm³/mol. The second-order valence-corrected chi connectivity index (χ2v) is 4.82. The van der Waals surface area contributed by atoms with E-state index in [1.54, 1.807) is 0 Å². The second-order valence-electron chi connectivity index (χ2n) is 4.82. The van der Waals surface area contributed by atoms with Crippen molar-refractivity contribution < 1.29 is 9.90 Å². The second kappa shape index (κ2) is 7.63. The van der Waals surface area contributed by atoms with Crippen LogP contribution in [0.3, 0.4) is 0 Å². The van der Waals surface area contributed by atoms with Crippen molar-refractivity contribution in [2.24, 2.45) is 11.7 Å². The Kier molecular flexibility index (Phi) is 7.34. The molecule has 4 nitrogen and oxygen atoms in total. The highest BCUT2D eigenvalue weighted by molar-refractivity contribution is 5.73. The summed E-state index contributed by atoms with van der Waals surface area (Å²) in [5.74, 6) is -0.287. The number of hydrogen-bond donors (Lipinski definition) is 2. The highest BCUT2D eigenvalue weighted by atomic mass is 16.4. The first-order valence-corrected chi connectivity index (χ1v) is 6.08. The van der Waals surface area contributed by atoms with Gasteiger partial charge in [0.05, 0.1) is 0 Å². The van der Waals surface area contributed by atoms with E-state index in [9.17, 15) is 4.79 Å². The molecule has 0 aromatic rings. The summed E-state index contributed by atoms with van der Waals surface area (Å²) in [5, 5.41) is 9.08. The maximum absolute atomic E-state index is 11.0. The Labute approximate surface area is 98.8 Å². The van der Waals surface area contributed by atoms with Gasteiger partial charge in [-0.15, -0.1) is 0 Å². The smallest absolute Gasteiger partial charge is 0.320 e. The van der Waals surface area contributed by atoms with Gasteiger partial charge in [-0.25, -0.2) is 0 Å². The third kappa shape index (κ3) is 5.47. The van der Waals surface area contributed by atoms with Crippen LogP contribution < -0.4 is 5.73 Å².